The van der Waals surface area contributed by atoms with E-state index in [0.29, 0.717) is 30.4 Å². The van der Waals surface area contributed by atoms with Crippen LogP contribution in [0.3, 0.4) is 0 Å². The lowest BCUT2D eigenvalue weighted by Gasteiger charge is -2.07. The van der Waals surface area contributed by atoms with E-state index in [2.05, 4.69) is 46.5 Å². The molecule has 152 valence electrons. The average molecular weight is 419 g/mol. The number of para-hydroxylation sites is 1. The molecule has 4 rings (SSSR count). The highest BCUT2D eigenvalue weighted by Gasteiger charge is 2.08. The molecule has 2 heterocycles. The summed E-state index contributed by atoms with van der Waals surface area (Å²) in [5, 5.41) is 6.48. The third-order valence-corrected chi connectivity index (χ3v) is 5.81. The maximum atomic E-state index is 12.5. The van der Waals surface area contributed by atoms with Gasteiger partial charge < -0.3 is 5.32 Å². The molecule has 0 saturated carbocycles. The fourth-order valence-electron chi connectivity index (χ4n) is 3.16. The summed E-state index contributed by atoms with van der Waals surface area (Å²) in [7, 11) is 0. The predicted molar refractivity (Wildman–Crippen MR) is 120 cm³/mol. The number of amides is 1. The highest BCUT2D eigenvalue weighted by atomic mass is 32.1. The molecule has 0 atom stereocenters. The number of thiazole rings is 1. The van der Waals surface area contributed by atoms with Crippen molar-refractivity contribution in [3.63, 3.8) is 0 Å². The molecule has 0 aliphatic rings. The minimum atomic E-state index is -0.125. The van der Waals surface area contributed by atoms with Crippen molar-refractivity contribution < 1.29 is 4.79 Å². The molecule has 7 heteroatoms. The van der Waals surface area contributed by atoms with Crippen molar-refractivity contribution in [1.29, 1.82) is 0 Å². The number of rotatable bonds is 7. The number of hydrogen-bond acceptors (Lipinski definition) is 5. The van der Waals surface area contributed by atoms with Crippen LogP contribution in [0.15, 0.2) is 65.0 Å². The van der Waals surface area contributed by atoms with E-state index < -0.39 is 0 Å². The Kier molecular flexibility index (Phi) is 5.99. The van der Waals surface area contributed by atoms with Gasteiger partial charge >= 0.3 is 0 Å². The maximum Gasteiger partial charge on any atom is 0.261 e. The van der Waals surface area contributed by atoms with Gasteiger partial charge in [0.2, 0.25) is 5.91 Å². The highest BCUT2D eigenvalue weighted by molar-refractivity contribution is 7.13. The first-order valence-corrected chi connectivity index (χ1v) is 10.7. The van der Waals surface area contributed by atoms with Crippen molar-refractivity contribution in [2.24, 2.45) is 0 Å². The van der Waals surface area contributed by atoms with Gasteiger partial charge in [0.1, 0.15) is 5.01 Å². The lowest BCUT2D eigenvalue weighted by Crippen LogP contribution is -2.29. The second kappa shape index (κ2) is 9.00. The third kappa shape index (κ3) is 4.63. The molecule has 0 unspecified atom stereocenters. The Bertz CT molecular complexity index is 1230. The van der Waals surface area contributed by atoms with Crippen LogP contribution in [-0.2, 0) is 17.8 Å². The largest absolute Gasteiger partial charge is 0.356 e. The van der Waals surface area contributed by atoms with Crippen molar-refractivity contribution in [1.82, 2.24) is 19.9 Å². The van der Waals surface area contributed by atoms with E-state index in [1.807, 2.05) is 17.5 Å². The minimum Gasteiger partial charge on any atom is -0.356 e. The molecule has 0 aliphatic heterocycles. The summed E-state index contributed by atoms with van der Waals surface area (Å²) in [5.41, 5.74) is 3.83. The Labute approximate surface area is 178 Å². The topological polar surface area (TPSA) is 76.9 Å². The third-order valence-electron chi connectivity index (χ3n) is 4.86. The van der Waals surface area contributed by atoms with Gasteiger partial charge in [0.25, 0.3) is 5.56 Å². The number of carbonyl (C=O) groups is 1. The Morgan fingerprint density at radius 2 is 1.93 bits per heavy atom. The standard InChI is InChI=1S/C23H22N4O2S/c1-16-6-8-17(9-7-16)22-26-18(14-30-22)10-12-24-21(28)11-13-27-15-25-20-5-3-2-4-19(20)23(27)29/h2-9,14-15H,10-13H2,1H3,(H,24,28). The number of aryl methyl sites for hydroxylation is 2. The van der Waals surface area contributed by atoms with E-state index >= 15 is 0 Å². The van der Waals surface area contributed by atoms with Gasteiger partial charge in [0.05, 0.1) is 22.9 Å². The van der Waals surface area contributed by atoms with Crippen LogP contribution in [0.25, 0.3) is 21.5 Å². The predicted octanol–water partition coefficient (Wildman–Crippen LogP) is 3.58. The zero-order chi connectivity index (χ0) is 20.9. The number of aromatic nitrogens is 3. The summed E-state index contributed by atoms with van der Waals surface area (Å²) >= 11 is 1.61. The summed E-state index contributed by atoms with van der Waals surface area (Å²) in [6, 6.07) is 15.5. The van der Waals surface area contributed by atoms with Crippen LogP contribution < -0.4 is 10.9 Å². The normalized spacial score (nSPS) is 11.0. The number of hydrogen-bond donors (Lipinski definition) is 1. The van der Waals surface area contributed by atoms with Gasteiger partial charge in [0, 0.05) is 36.9 Å². The maximum absolute atomic E-state index is 12.5. The summed E-state index contributed by atoms with van der Waals surface area (Å²) < 4.78 is 1.48. The van der Waals surface area contributed by atoms with E-state index in [-0.39, 0.29) is 17.9 Å². The summed E-state index contributed by atoms with van der Waals surface area (Å²) in [6.07, 6.45) is 2.40. The Morgan fingerprint density at radius 3 is 2.77 bits per heavy atom. The van der Waals surface area contributed by atoms with E-state index in [1.165, 1.54) is 16.5 Å². The quantitative estimate of drug-likeness (QED) is 0.498. The van der Waals surface area contributed by atoms with E-state index in [1.54, 1.807) is 23.5 Å². The smallest absolute Gasteiger partial charge is 0.261 e. The highest BCUT2D eigenvalue weighted by Crippen LogP contribution is 2.24. The minimum absolute atomic E-state index is 0.0935. The van der Waals surface area contributed by atoms with Gasteiger partial charge in [-0.25, -0.2) is 9.97 Å². The molecule has 2 aromatic heterocycles. The molecular formula is C23H22N4O2S. The number of benzene rings is 2. The van der Waals surface area contributed by atoms with Crippen LogP contribution >= 0.6 is 11.3 Å². The van der Waals surface area contributed by atoms with E-state index in [9.17, 15) is 9.59 Å². The Hall–Kier alpha value is -3.32. The molecule has 2 aromatic carbocycles. The van der Waals surface area contributed by atoms with Crippen LogP contribution in [0.2, 0.25) is 0 Å². The molecule has 0 bridgehead atoms. The summed E-state index contributed by atoms with van der Waals surface area (Å²) in [6.45, 7) is 2.88. The molecule has 1 N–H and O–H groups in total. The molecule has 0 radical (unpaired) electrons. The zero-order valence-electron chi connectivity index (χ0n) is 16.7. The van der Waals surface area contributed by atoms with Crippen molar-refractivity contribution in [2.75, 3.05) is 6.54 Å². The zero-order valence-corrected chi connectivity index (χ0v) is 17.5. The van der Waals surface area contributed by atoms with Gasteiger partial charge in [-0.1, -0.05) is 42.0 Å². The van der Waals surface area contributed by atoms with Gasteiger partial charge in [-0.15, -0.1) is 11.3 Å². The van der Waals surface area contributed by atoms with Gasteiger partial charge in [-0.3, -0.25) is 14.2 Å². The molecular weight excluding hydrogens is 396 g/mol. The van der Waals surface area contributed by atoms with Crippen LogP contribution in [0.5, 0.6) is 0 Å². The average Bonchev–Trinajstić information content (AvgIpc) is 3.23. The second-order valence-electron chi connectivity index (χ2n) is 7.12. The van der Waals surface area contributed by atoms with Crippen LogP contribution in [0, 0.1) is 6.92 Å². The van der Waals surface area contributed by atoms with Crippen molar-refractivity contribution in [3.8, 4) is 10.6 Å². The van der Waals surface area contributed by atoms with Crippen LogP contribution in [-0.4, -0.2) is 27.0 Å². The molecule has 0 aliphatic carbocycles. The van der Waals surface area contributed by atoms with Gasteiger partial charge in [-0.2, -0.15) is 0 Å². The number of nitrogens with one attached hydrogen (secondary N) is 1. The molecule has 30 heavy (non-hydrogen) atoms. The fourth-order valence-corrected chi connectivity index (χ4v) is 4.02. The number of carbonyl (C=O) groups excluding carboxylic acids is 1. The monoisotopic (exact) mass is 418 g/mol. The SMILES string of the molecule is Cc1ccc(-c2nc(CCNC(=O)CCn3cnc4ccccc4c3=O)cs2)cc1. The van der Waals surface area contributed by atoms with Crippen LogP contribution in [0.1, 0.15) is 17.7 Å². The van der Waals surface area contributed by atoms with Crippen molar-refractivity contribution in [2.45, 2.75) is 26.3 Å². The lowest BCUT2D eigenvalue weighted by atomic mass is 10.2. The molecule has 0 spiro atoms. The summed E-state index contributed by atoms with van der Waals surface area (Å²) in [5.74, 6) is -0.0935. The number of fused-ring (bicyclic) bond motifs is 1. The first-order valence-electron chi connectivity index (χ1n) is 9.82. The van der Waals surface area contributed by atoms with Crippen molar-refractivity contribution >= 4 is 28.1 Å². The Balaban J connectivity index is 1.27. The summed E-state index contributed by atoms with van der Waals surface area (Å²) in [4.78, 5) is 33.6. The van der Waals surface area contributed by atoms with Crippen molar-refractivity contribution in [3.05, 3.63) is 81.8 Å². The molecule has 6 nitrogen and oxygen atoms in total. The van der Waals surface area contributed by atoms with E-state index in [4.69, 9.17) is 0 Å². The first-order chi connectivity index (χ1) is 14.6. The molecule has 4 aromatic rings. The van der Waals surface area contributed by atoms with E-state index in [0.717, 1.165) is 16.3 Å². The lowest BCUT2D eigenvalue weighted by molar-refractivity contribution is -0.121. The number of nitrogens with zero attached hydrogens (tertiary/aromatic N) is 3. The van der Waals surface area contributed by atoms with Gasteiger partial charge in [-0.05, 0) is 19.1 Å². The fraction of sp³-hybridized carbons (Fsp3) is 0.217. The van der Waals surface area contributed by atoms with Gasteiger partial charge in [0.15, 0.2) is 0 Å². The molecule has 0 saturated heterocycles. The first kappa shape index (κ1) is 20.0. The van der Waals surface area contributed by atoms with Crippen LogP contribution in [0.4, 0.5) is 0 Å². The molecule has 1 amide bonds. The molecule has 0 fully saturated rings. The Morgan fingerprint density at radius 1 is 1.13 bits per heavy atom. The second-order valence-corrected chi connectivity index (χ2v) is 7.98.